The highest BCUT2D eigenvalue weighted by Crippen LogP contribution is 2.25. The number of ketones is 1. The van der Waals surface area contributed by atoms with Gasteiger partial charge in [0.05, 0.1) is 11.3 Å². The third kappa shape index (κ3) is 2.42. The first-order valence-corrected chi connectivity index (χ1v) is 6.08. The standard InChI is InChI=1S/C14H15F2NO/c15-10-7-8-11(17)13(16)12(10)14(18)9-5-3-1-2-4-6-9/h5,7-8H,1-4,6,17H2. The zero-order valence-corrected chi connectivity index (χ0v) is 10.0. The lowest BCUT2D eigenvalue weighted by Gasteiger charge is -2.08. The van der Waals surface area contributed by atoms with Gasteiger partial charge in [-0.3, -0.25) is 4.79 Å². The Morgan fingerprint density at radius 2 is 1.94 bits per heavy atom. The van der Waals surface area contributed by atoms with E-state index in [2.05, 4.69) is 0 Å². The lowest BCUT2D eigenvalue weighted by Crippen LogP contribution is -2.10. The normalized spacial score (nSPS) is 16.0. The van der Waals surface area contributed by atoms with Crippen molar-refractivity contribution in [2.24, 2.45) is 0 Å². The molecular formula is C14H15F2NO. The highest BCUT2D eigenvalue weighted by molar-refractivity contribution is 6.09. The molecule has 0 aliphatic heterocycles. The van der Waals surface area contributed by atoms with E-state index in [-0.39, 0.29) is 5.69 Å². The van der Waals surface area contributed by atoms with Gasteiger partial charge in [0, 0.05) is 0 Å². The van der Waals surface area contributed by atoms with Crippen molar-refractivity contribution in [1.29, 1.82) is 0 Å². The number of allylic oxidation sites excluding steroid dienone is 2. The van der Waals surface area contributed by atoms with E-state index in [1.807, 2.05) is 0 Å². The monoisotopic (exact) mass is 251 g/mol. The molecule has 0 heterocycles. The van der Waals surface area contributed by atoms with Crippen molar-refractivity contribution in [2.75, 3.05) is 5.73 Å². The Bertz CT molecular complexity index is 509. The molecular weight excluding hydrogens is 236 g/mol. The minimum atomic E-state index is -0.954. The Morgan fingerprint density at radius 1 is 1.17 bits per heavy atom. The van der Waals surface area contributed by atoms with Crippen LogP contribution in [0.25, 0.3) is 0 Å². The summed E-state index contributed by atoms with van der Waals surface area (Å²) >= 11 is 0. The van der Waals surface area contributed by atoms with Gasteiger partial charge in [-0.25, -0.2) is 8.78 Å². The van der Waals surface area contributed by atoms with Crippen molar-refractivity contribution < 1.29 is 13.6 Å². The van der Waals surface area contributed by atoms with E-state index in [1.54, 1.807) is 6.08 Å². The van der Waals surface area contributed by atoms with Gasteiger partial charge in [0.25, 0.3) is 0 Å². The molecule has 1 aliphatic rings. The predicted octanol–water partition coefficient (Wildman–Crippen LogP) is 3.62. The molecule has 0 spiro atoms. The third-order valence-corrected chi connectivity index (χ3v) is 3.18. The third-order valence-electron chi connectivity index (χ3n) is 3.18. The first-order chi connectivity index (χ1) is 8.61. The van der Waals surface area contributed by atoms with Crippen molar-refractivity contribution in [1.82, 2.24) is 0 Å². The van der Waals surface area contributed by atoms with Crippen molar-refractivity contribution >= 4 is 11.5 Å². The molecule has 18 heavy (non-hydrogen) atoms. The Labute approximate surface area is 104 Å². The second-order valence-corrected chi connectivity index (χ2v) is 4.48. The second-order valence-electron chi connectivity index (χ2n) is 4.48. The zero-order valence-electron chi connectivity index (χ0n) is 10.0. The van der Waals surface area contributed by atoms with E-state index in [0.29, 0.717) is 12.0 Å². The van der Waals surface area contributed by atoms with Gasteiger partial charge in [0.1, 0.15) is 5.82 Å². The summed E-state index contributed by atoms with van der Waals surface area (Å²) in [5.74, 6) is -2.37. The molecule has 0 unspecified atom stereocenters. The second kappa shape index (κ2) is 5.29. The van der Waals surface area contributed by atoms with Crippen LogP contribution in [0.2, 0.25) is 0 Å². The molecule has 0 saturated carbocycles. The summed E-state index contributed by atoms with van der Waals surface area (Å²) in [7, 11) is 0. The van der Waals surface area contributed by atoms with E-state index in [9.17, 15) is 13.6 Å². The van der Waals surface area contributed by atoms with Crippen LogP contribution in [-0.2, 0) is 0 Å². The maximum Gasteiger partial charge on any atom is 0.194 e. The van der Waals surface area contributed by atoms with Crippen LogP contribution in [0, 0.1) is 11.6 Å². The van der Waals surface area contributed by atoms with Gasteiger partial charge in [0.2, 0.25) is 0 Å². The maximum atomic E-state index is 13.8. The number of nitrogen functional groups attached to an aromatic ring is 1. The largest absolute Gasteiger partial charge is 0.396 e. The fourth-order valence-corrected chi connectivity index (χ4v) is 2.16. The van der Waals surface area contributed by atoms with Crippen molar-refractivity contribution in [3.05, 3.63) is 41.0 Å². The smallest absolute Gasteiger partial charge is 0.194 e. The van der Waals surface area contributed by atoms with Crippen LogP contribution in [0.5, 0.6) is 0 Å². The average Bonchev–Trinajstić information content (AvgIpc) is 2.63. The number of nitrogens with two attached hydrogens (primary N) is 1. The van der Waals surface area contributed by atoms with Crippen molar-refractivity contribution in [3.8, 4) is 0 Å². The van der Waals surface area contributed by atoms with E-state index < -0.39 is 23.0 Å². The van der Waals surface area contributed by atoms with E-state index in [4.69, 9.17) is 5.73 Å². The van der Waals surface area contributed by atoms with E-state index >= 15 is 0 Å². The number of benzene rings is 1. The minimum absolute atomic E-state index is 0.200. The highest BCUT2D eigenvalue weighted by atomic mass is 19.1. The SMILES string of the molecule is Nc1ccc(F)c(C(=O)C2=CCCCCC2)c1F. The molecule has 0 saturated heterocycles. The molecule has 1 aliphatic carbocycles. The van der Waals surface area contributed by atoms with Gasteiger partial charge in [-0.1, -0.05) is 12.5 Å². The lowest BCUT2D eigenvalue weighted by molar-refractivity contribution is 0.102. The molecule has 1 aromatic carbocycles. The molecule has 0 bridgehead atoms. The summed E-state index contributed by atoms with van der Waals surface area (Å²) in [5.41, 5.74) is 5.15. The fourth-order valence-electron chi connectivity index (χ4n) is 2.16. The van der Waals surface area contributed by atoms with E-state index in [0.717, 1.165) is 37.8 Å². The quantitative estimate of drug-likeness (QED) is 0.644. The number of rotatable bonds is 2. The van der Waals surface area contributed by atoms with Gasteiger partial charge < -0.3 is 5.73 Å². The average molecular weight is 251 g/mol. The molecule has 0 amide bonds. The van der Waals surface area contributed by atoms with Crippen molar-refractivity contribution in [3.63, 3.8) is 0 Å². The molecule has 0 fully saturated rings. The number of anilines is 1. The topological polar surface area (TPSA) is 43.1 Å². The fraction of sp³-hybridized carbons (Fsp3) is 0.357. The summed E-state index contributed by atoms with van der Waals surface area (Å²) in [4.78, 5) is 12.1. The molecule has 2 N–H and O–H groups in total. The number of hydrogen-bond acceptors (Lipinski definition) is 2. The number of Topliss-reactive ketones (excluding diaryl/α,β-unsaturated/α-hetero) is 1. The first-order valence-electron chi connectivity index (χ1n) is 6.08. The predicted molar refractivity (Wildman–Crippen MR) is 66.3 cm³/mol. The molecule has 0 radical (unpaired) electrons. The highest BCUT2D eigenvalue weighted by Gasteiger charge is 2.22. The number of carbonyl (C=O) groups excluding carboxylic acids is 1. The summed E-state index contributed by atoms with van der Waals surface area (Å²) in [6, 6.07) is 2.16. The van der Waals surface area contributed by atoms with Crippen LogP contribution >= 0.6 is 0 Å². The van der Waals surface area contributed by atoms with Crippen LogP contribution in [0.4, 0.5) is 14.5 Å². The van der Waals surface area contributed by atoms with Gasteiger partial charge in [-0.2, -0.15) is 0 Å². The van der Waals surface area contributed by atoms with E-state index in [1.165, 1.54) is 0 Å². The molecule has 96 valence electrons. The Morgan fingerprint density at radius 3 is 2.72 bits per heavy atom. The molecule has 1 aromatic rings. The Balaban J connectivity index is 2.39. The maximum absolute atomic E-state index is 13.8. The molecule has 0 atom stereocenters. The van der Waals surface area contributed by atoms with Gasteiger partial charge in [0.15, 0.2) is 11.6 Å². The van der Waals surface area contributed by atoms with Crippen LogP contribution in [-0.4, -0.2) is 5.78 Å². The van der Waals surface area contributed by atoms with Crippen LogP contribution in [0.3, 0.4) is 0 Å². The molecule has 0 aromatic heterocycles. The Hall–Kier alpha value is -1.71. The van der Waals surface area contributed by atoms with Crippen LogP contribution in [0.15, 0.2) is 23.8 Å². The van der Waals surface area contributed by atoms with Crippen LogP contribution in [0.1, 0.15) is 42.5 Å². The molecule has 2 rings (SSSR count). The summed E-state index contributed by atoms with van der Waals surface area (Å²) < 4.78 is 27.4. The number of halogens is 2. The summed E-state index contributed by atoms with van der Waals surface area (Å²) in [6.07, 6.45) is 6.08. The minimum Gasteiger partial charge on any atom is -0.396 e. The van der Waals surface area contributed by atoms with Gasteiger partial charge >= 0.3 is 0 Å². The summed E-state index contributed by atoms with van der Waals surface area (Å²) in [6.45, 7) is 0. The molecule has 4 heteroatoms. The van der Waals surface area contributed by atoms with Crippen LogP contribution < -0.4 is 5.73 Å². The van der Waals surface area contributed by atoms with Crippen molar-refractivity contribution in [2.45, 2.75) is 32.1 Å². The number of hydrogen-bond donors (Lipinski definition) is 1. The zero-order chi connectivity index (χ0) is 13.1. The first kappa shape index (κ1) is 12.7. The van der Waals surface area contributed by atoms with Gasteiger partial charge in [-0.15, -0.1) is 0 Å². The van der Waals surface area contributed by atoms with Gasteiger partial charge in [-0.05, 0) is 43.4 Å². The number of carbonyl (C=O) groups is 1. The lowest BCUT2D eigenvalue weighted by atomic mass is 9.98. The Kier molecular flexibility index (Phi) is 3.75. The summed E-state index contributed by atoms with van der Waals surface area (Å²) in [5, 5.41) is 0. The molecule has 2 nitrogen and oxygen atoms in total.